The average molecular weight is 386 g/mol. The van der Waals surface area contributed by atoms with Gasteiger partial charge in [0.2, 0.25) is 24.5 Å². The zero-order valence-electron chi connectivity index (χ0n) is 16.1. The quantitative estimate of drug-likeness (QED) is 0.741. The van der Waals surface area contributed by atoms with Gasteiger partial charge in [-0.1, -0.05) is 13.0 Å². The highest BCUT2D eigenvalue weighted by molar-refractivity contribution is 5.76. The molecule has 1 aromatic heterocycles. The Morgan fingerprint density at radius 1 is 1.25 bits per heavy atom. The van der Waals surface area contributed by atoms with E-state index < -0.39 is 0 Å². The maximum absolute atomic E-state index is 12.1. The van der Waals surface area contributed by atoms with Crippen molar-refractivity contribution in [3.05, 3.63) is 35.5 Å². The molecule has 0 spiro atoms. The molecule has 28 heavy (non-hydrogen) atoms. The lowest BCUT2D eigenvalue weighted by Gasteiger charge is -2.22. The number of hydrogen-bond acceptors (Lipinski definition) is 7. The lowest BCUT2D eigenvalue weighted by molar-refractivity contribution is -0.121. The number of hydrogen-bond donors (Lipinski definition) is 1. The van der Waals surface area contributed by atoms with Gasteiger partial charge in [0.1, 0.15) is 0 Å². The fourth-order valence-electron chi connectivity index (χ4n) is 3.77. The summed E-state index contributed by atoms with van der Waals surface area (Å²) >= 11 is 0. The van der Waals surface area contributed by atoms with E-state index in [1.807, 2.05) is 18.2 Å². The average Bonchev–Trinajstić information content (AvgIpc) is 3.44. The summed E-state index contributed by atoms with van der Waals surface area (Å²) in [5.41, 5.74) is 1.01. The second-order valence-corrected chi connectivity index (χ2v) is 7.18. The molecule has 8 nitrogen and oxygen atoms in total. The van der Waals surface area contributed by atoms with Crippen LogP contribution in [0.1, 0.15) is 43.5 Å². The normalized spacial score (nSPS) is 18.5. The molecule has 1 unspecified atom stereocenters. The number of carbonyl (C=O) groups is 1. The number of likely N-dealkylation sites (tertiary alicyclic amines) is 1. The lowest BCUT2D eigenvalue weighted by Crippen LogP contribution is -2.40. The fraction of sp³-hybridized carbons (Fsp3) is 0.550. The largest absolute Gasteiger partial charge is 0.454 e. The van der Waals surface area contributed by atoms with Crippen LogP contribution >= 0.6 is 0 Å². The van der Waals surface area contributed by atoms with Crippen molar-refractivity contribution in [1.29, 1.82) is 0 Å². The first-order valence-electron chi connectivity index (χ1n) is 9.92. The molecule has 1 atom stereocenters. The van der Waals surface area contributed by atoms with E-state index in [2.05, 4.69) is 27.3 Å². The van der Waals surface area contributed by atoms with Crippen LogP contribution in [0.5, 0.6) is 11.5 Å². The van der Waals surface area contributed by atoms with Crippen molar-refractivity contribution in [3.63, 3.8) is 0 Å². The molecule has 2 aliphatic heterocycles. The Labute approximate surface area is 164 Å². The molecule has 8 heteroatoms. The summed E-state index contributed by atoms with van der Waals surface area (Å²) in [5.74, 6) is 2.53. The van der Waals surface area contributed by atoms with Gasteiger partial charge < -0.3 is 19.2 Å². The van der Waals surface area contributed by atoms with E-state index >= 15 is 0 Å². The molecule has 0 bridgehead atoms. The number of benzene rings is 1. The number of likely N-dealkylation sites (N-methyl/N-ethyl adjacent to an activating group) is 1. The van der Waals surface area contributed by atoms with Gasteiger partial charge in [-0.05, 0) is 43.6 Å². The summed E-state index contributed by atoms with van der Waals surface area (Å²) in [6, 6.07) is 6.21. The Morgan fingerprint density at radius 2 is 2.11 bits per heavy atom. The Balaban J connectivity index is 1.23. The fourth-order valence-corrected chi connectivity index (χ4v) is 3.77. The molecule has 1 amide bonds. The third kappa shape index (κ3) is 4.44. The molecule has 2 aliphatic rings. The second kappa shape index (κ2) is 8.60. The molecular weight excluding hydrogens is 360 g/mol. The number of rotatable bonds is 8. The van der Waals surface area contributed by atoms with Crippen molar-refractivity contribution in [2.24, 2.45) is 0 Å². The van der Waals surface area contributed by atoms with E-state index in [0.29, 0.717) is 43.6 Å². The van der Waals surface area contributed by atoms with Gasteiger partial charge in [0.15, 0.2) is 11.5 Å². The van der Waals surface area contributed by atoms with E-state index in [9.17, 15) is 4.79 Å². The molecule has 1 aromatic carbocycles. The third-order valence-electron chi connectivity index (χ3n) is 5.31. The van der Waals surface area contributed by atoms with E-state index in [4.69, 9.17) is 13.9 Å². The predicted octanol–water partition coefficient (Wildman–Crippen LogP) is 1.92. The van der Waals surface area contributed by atoms with Gasteiger partial charge in [-0.15, -0.1) is 10.2 Å². The highest BCUT2D eigenvalue weighted by atomic mass is 16.7. The zero-order valence-corrected chi connectivity index (χ0v) is 16.1. The van der Waals surface area contributed by atoms with Crippen molar-refractivity contribution in [3.8, 4) is 11.5 Å². The number of nitrogens with zero attached hydrogens (tertiary/aromatic N) is 3. The Hall–Kier alpha value is -2.61. The molecule has 1 N–H and O–H groups in total. The highest BCUT2D eigenvalue weighted by Crippen LogP contribution is 2.33. The molecule has 4 rings (SSSR count). The van der Waals surface area contributed by atoms with Crippen molar-refractivity contribution in [2.45, 2.75) is 45.1 Å². The van der Waals surface area contributed by atoms with Crippen LogP contribution in [0.15, 0.2) is 22.6 Å². The molecule has 0 saturated carbocycles. The SMILES string of the molecule is CCN1CCCC1CNC(=O)CCc1nnc(Cc2ccc3c(c2)OCO3)o1. The van der Waals surface area contributed by atoms with Gasteiger partial charge in [-0.25, -0.2) is 0 Å². The van der Waals surface area contributed by atoms with Crippen LogP contribution in [0.3, 0.4) is 0 Å². The molecule has 0 aliphatic carbocycles. The Bertz CT molecular complexity index is 822. The van der Waals surface area contributed by atoms with Gasteiger partial charge in [-0.3, -0.25) is 9.69 Å². The van der Waals surface area contributed by atoms with Gasteiger partial charge in [0.25, 0.3) is 0 Å². The van der Waals surface area contributed by atoms with E-state index in [-0.39, 0.29) is 12.7 Å². The minimum Gasteiger partial charge on any atom is -0.454 e. The van der Waals surface area contributed by atoms with Crippen LogP contribution in [0.25, 0.3) is 0 Å². The van der Waals surface area contributed by atoms with Gasteiger partial charge >= 0.3 is 0 Å². The summed E-state index contributed by atoms with van der Waals surface area (Å²) in [5, 5.41) is 11.2. The third-order valence-corrected chi connectivity index (χ3v) is 5.31. The van der Waals surface area contributed by atoms with Gasteiger partial charge in [0, 0.05) is 25.4 Å². The van der Waals surface area contributed by atoms with Crippen molar-refractivity contribution in [1.82, 2.24) is 20.4 Å². The first-order chi connectivity index (χ1) is 13.7. The lowest BCUT2D eigenvalue weighted by atomic mass is 10.1. The highest BCUT2D eigenvalue weighted by Gasteiger charge is 2.23. The van der Waals surface area contributed by atoms with E-state index in [1.165, 1.54) is 6.42 Å². The minimum absolute atomic E-state index is 0.0264. The number of nitrogens with one attached hydrogen (secondary N) is 1. The molecular formula is C20H26N4O4. The monoisotopic (exact) mass is 386 g/mol. The summed E-state index contributed by atoms with van der Waals surface area (Å²) in [7, 11) is 0. The first-order valence-corrected chi connectivity index (χ1v) is 9.92. The molecule has 3 heterocycles. The van der Waals surface area contributed by atoms with Crippen LogP contribution in [0.4, 0.5) is 0 Å². The number of amides is 1. The molecule has 0 radical (unpaired) electrons. The van der Waals surface area contributed by atoms with Crippen LogP contribution in [-0.2, 0) is 17.6 Å². The van der Waals surface area contributed by atoms with Crippen molar-refractivity contribution in [2.75, 3.05) is 26.4 Å². The number of fused-ring (bicyclic) bond motifs is 1. The van der Waals surface area contributed by atoms with E-state index in [1.54, 1.807) is 0 Å². The second-order valence-electron chi connectivity index (χ2n) is 7.18. The van der Waals surface area contributed by atoms with Crippen LogP contribution < -0.4 is 14.8 Å². The zero-order chi connectivity index (χ0) is 19.3. The summed E-state index contributed by atoms with van der Waals surface area (Å²) in [4.78, 5) is 14.5. The number of ether oxygens (including phenoxy) is 2. The predicted molar refractivity (Wildman–Crippen MR) is 101 cm³/mol. The van der Waals surface area contributed by atoms with Gasteiger partial charge in [0.05, 0.1) is 6.42 Å². The van der Waals surface area contributed by atoms with E-state index in [0.717, 1.165) is 36.6 Å². The standard InChI is InChI=1S/C20H26N4O4/c1-2-24-9-3-4-15(24)12-21-18(25)7-8-19-22-23-20(28-19)11-14-5-6-16-17(10-14)27-13-26-16/h5-6,10,15H,2-4,7-9,11-13H2,1H3,(H,21,25). The van der Waals surface area contributed by atoms with Crippen molar-refractivity contribution >= 4 is 5.91 Å². The smallest absolute Gasteiger partial charge is 0.231 e. The minimum atomic E-state index is 0.0264. The Morgan fingerprint density at radius 3 is 3.00 bits per heavy atom. The van der Waals surface area contributed by atoms with Crippen molar-refractivity contribution < 1.29 is 18.7 Å². The number of aromatic nitrogens is 2. The topological polar surface area (TPSA) is 89.7 Å². The molecule has 1 fully saturated rings. The summed E-state index contributed by atoms with van der Waals surface area (Å²) in [6.45, 7) is 5.30. The molecule has 150 valence electrons. The maximum Gasteiger partial charge on any atom is 0.231 e. The number of carbonyl (C=O) groups excluding carboxylic acids is 1. The van der Waals surface area contributed by atoms with Crippen LogP contribution in [0, 0.1) is 0 Å². The maximum atomic E-state index is 12.1. The molecule has 1 saturated heterocycles. The summed E-state index contributed by atoms with van der Waals surface area (Å²) in [6.07, 6.45) is 3.68. The van der Waals surface area contributed by atoms with Gasteiger partial charge in [-0.2, -0.15) is 0 Å². The van der Waals surface area contributed by atoms with Crippen LogP contribution in [0.2, 0.25) is 0 Å². The first kappa shape index (κ1) is 18.7. The molecule has 2 aromatic rings. The summed E-state index contributed by atoms with van der Waals surface area (Å²) < 4.78 is 16.4. The number of aryl methyl sites for hydroxylation is 1. The van der Waals surface area contributed by atoms with Crippen LogP contribution in [-0.4, -0.2) is 53.5 Å². The Kier molecular flexibility index (Phi) is 5.76.